The lowest BCUT2D eigenvalue weighted by Gasteiger charge is -2.03. The van der Waals surface area contributed by atoms with Crippen LogP contribution in [0.15, 0.2) is 24.5 Å². The zero-order valence-corrected chi connectivity index (χ0v) is 14.7. The molecule has 2 rings (SSSR count). The Labute approximate surface area is 138 Å². The fourth-order valence-electron chi connectivity index (χ4n) is 1.15. The van der Waals surface area contributed by atoms with Crippen molar-refractivity contribution < 1.29 is 4.39 Å². The van der Waals surface area contributed by atoms with E-state index in [-0.39, 0.29) is 5.95 Å². The fourth-order valence-corrected chi connectivity index (χ4v) is 1.95. The predicted molar refractivity (Wildman–Crippen MR) is 91.2 cm³/mol. The van der Waals surface area contributed by atoms with Crippen LogP contribution >= 0.6 is 45.2 Å². The first-order valence-electron chi connectivity index (χ1n) is 5.31. The molecule has 3 N–H and O–H groups in total. The molecule has 7 heteroatoms. The highest BCUT2D eigenvalue weighted by atomic mass is 127. The van der Waals surface area contributed by atoms with E-state index in [2.05, 4.69) is 60.6 Å². The summed E-state index contributed by atoms with van der Waals surface area (Å²) in [5.74, 6) is 5.57. The summed E-state index contributed by atoms with van der Waals surface area (Å²) in [6, 6.07) is 3.72. The van der Waals surface area contributed by atoms with Gasteiger partial charge in [-0.3, -0.25) is 0 Å². The Hall–Kier alpha value is -0.550. The predicted octanol–water partition coefficient (Wildman–Crippen LogP) is 3.41. The molecule has 2 aromatic heterocycles. The molecule has 0 aromatic carbocycles. The van der Waals surface area contributed by atoms with Crippen LogP contribution in [0.25, 0.3) is 0 Å². The number of nitrogens with zero attached hydrogens (tertiary/aromatic N) is 2. The summed E-state index contributed by atoms with van der Waals surface area (Å²) in [5.41, 5.74) is 4.23. The van der Waals surface area contributed by atoms with E-state index < -0.39 is 0 Å². The molecule has 19 heavy (non-hydrogen) atoms. The average molecular weight is 486 g/mol. The first kappa shape index (κ1) is 16.5. The van der Waals surface area contributed by atoms with Crippen molar-refractivity contribution >= 4 is 51.0 Å². The average Bonchev–Trinajstić information content (AvgIpc) is 2.40. The number of halogens is 3. The van der Waals surface area contributed by atoms with E-state index in [4.69, 9.17) is 5.84 Å². The molecule has 0 spiro atoms. The number of hydrogen-bond donors (Lipinski definition) is 2. The summed E-state index contributed by atoms with van der Waals surface area (Å²) in [4.78, 5) is 7.48. The van der Waals surface area contributed by atoms with Crippen molar-refractivity contribution in [2.24, 2.45) is 5.84 Å². The Morgan fingerprint density at radius 2 is 1.58 bits per heavy atom. The quantitative estimate of drug-likeness (QED) is 0.281. The van der Waals surface area contributed by atoms with Crippen molar-refractivity contribution in [2.45, 2.75) is 13.8 Å². The van der Waals surface area contributed by atoms with Gasteiger partial charge in [-0.2, -0.15) is 4.39 Å². The van der Waals surface area contributed by atoms with Crippen molar-refractivity contribution in [3.05, 3.63) is 48.7 Å². The Kier molecular flexibility index (Phi) is 6.86. The van der Waals surface area contributed by atoms with Gasteiger partial charge < -0.3 is 5.43 Å². The molecular formula is C12H13FI2N4. The van der Waals surface area contributed by atoms with Crippen LogP contribution in [0.3, 0.4) is 0 Å². The van der Waals surface area contributed by atoms with Crippen molar-refractivity contribution in [3.8, 4) is 0 Å². The van der Waals surface area contributed by atoms with Crippen molar-refractivity contribution in [1.82, 2.24) is 9.97 Å². The van der Waals surface area contributed by atoms with Crippen LogP contribution < -0.4 is 11.3 Å². The van der Waals surface area contributed by atoms with Crippen molar-refractivity contribution in [2.75, 3.05) is 5.43 Å². The summed E-state index contributed by atoms with van der Waals surface area (Å²) in [5, 5.41) is 0. The number of anilines is 1. The summed E-state index contributed by atoms with van der Waals surface area (Å²) in [6.07, 6.45) is 3.19. The van der Waals surface area contributed by atoms with Gasteiger partial charge in [-0.15, -0.1) is 0 Å². The smallest absolute Gasteiger partial charge is 0.216 e. The highest BCUT2D eigenvalue weighted by molar-refractivity contribution is 14.1. The lowest BCUT2D eigenvalue weighted by atomic mass is 10.3. The Morgan fingerprint density at radius 3 is 2.00 bits per heavy atom. The van der Waals surface area contributed by atoms with Crippen LogP contribution in [0, 0.1) is 26.9 Å². The molecule has 0 radical (unpaired) electrons. The van der Waals surface area contributed by atoms with E-state index in [0.717, 1.165) is 15.0 Å². The number of nitrogen functional groups attached to an aromatic ring is 1. The number of nitrogens with two attached hydrogens (primary N) is 1. The second-order valence-corrected chi connectivity index (χ2v) is 5.94. The molecular weight excluding hydrogens is 473 g/mol. The molecule has 0 bridgehead atoms. The third kappa shape index (κ3) is 4.80. The van der Waals surface area contributed by atoms with E-state index in [0.29, 0.717) is 5.56 Å². The molecule has 102 valence electrons. The molecule has 2 aromatic rings. The Bertz CT molecular complexity index is 543. The monoisotopic (exact) mass is 486 g/mol. The third-order valence-electron chi connectivity index (χ3n) is 2.35. The fraction of sp³-hybridized carbons (Fsp3) is 0.167. The minimum Gasteiger partial charge on any atom is -0.308 e. The number of rotatable bonds is 1. The molecule has 0 amide bonds. The first-order chi connectivity index (χ1) is 8.97. The number of hydrogen-bond acceptors (Lipinski definition) is 4. The van der Waals surface area contributed by atoms with Gasteiger partial charge in [0.15, 0.2) is 0 Å². The van der Waals surface area contributed by atoms with Gasteiger partial charge in [0.25, 0.3) is 0 Å². The van der Waals surface area contributed by atoms with Crippen LogP contribution in [0.4, 0.5) is 10.2 Å². The summed E-state index contributed by atoms with van der Waals surface area (Å²) >= 11 is 4.31. The van der Waals surface area contributed by atoms with Gasteiger partial charge >= 0.3 is 0 Å². The molecule has 0 aliphatic heterocycles. The molecule has 0 saturated heterocycles. The van der Waals surface area contributed by atoms with Crippen molar-refractivity contribution in [1.29, 1.82) is 0 Å². The number of nitrogens with one attached hydrogen (secondary N) is 1. The number of aromatic nitrogens is 2. The van der Waals surface area contributed by atoms with Crippen LogP contribution in [0.5, 0.6) is 0 Å². The molecule has 0 fully saturated rings. The largest absolute Gasteiger partial charge is 0.308 e. The van der Waals surface area contributed by atoms with Gasteiger partial charge in [0, 0.05) is 30.7 Å². The van der Waals surface area contributed by atoms with Gasteiger partial charge in [0.1, 0.15) is 5.82 Å². The standard InChI is InChI=1S/C6H5FIN.C6H8IN3/c1-4-5(8)2-3-9-6(4)7;1-4-5(7)2-3-9-6(4)10-8/h2-3H,1H3;2-3H,8H2,1H3,(H,9,10). The zero-order chi connectivity index (χ0) is 14.4. The lowest BCUT2D eigenvalue weighted by molar-refractivity contribution is 0.573. The summed E-state index contributed by atoms with van der Waals surface area (Å²) in [7, 11) is 0. The van der Waals surface area contributed by atoms with Gasteiger partial charge in [-0.25, -0.2) is 15.8 Å². The van der Waals surface area contributed by atoms with Gasteiger partial charge in [-0.05, 0) is 71.2 Å². The van der Waals surface area contributed by atoms with Crippen LogP contribution in [-0.4, -0.2) is 9.97 Å². The SMILES string of the molecule is Cc1c(I)ccnc1F.Cc1c(I)ccnc1NN. The molecule has 0 aliphatic rings. The zero-order valence-electron chi connectivity index (χ0n) is 10.4. The van der Waals surface area contributed by atoms with Crippen LogP contribution in [0.1, 0.15) is 11.1 Å². The molecule has 4 nitrogen and oxygen atoms in total. The van der Waals surface area contributed by atoms with E-state index >= 15 is 0 Å². The Morgan fingerprint density at radius 1 is 1.05 bits per heavy atom. The molecule has 0 saturated carbocycles. The highest BCUT2D eigenvalue weighted by Crippen LogP contribution is 2.15. The molecule has 0 unspecified atom stereocenters. The summed E-state index contributed by atoms with van der Waals surface area (Å²) < 4.78 is 14.5. The molecule has 2 heterocycles. The Balaban J connectivity index is 0.000000191. The topological polar surface area (TPSA) is 63.8 Å². The molecule has 0 atom stereocenters. The van der Waals surface area contributed by atoms with Crippen LogP contribution in [0.2, 0.25) is 0 Å². The highest BCUT2D eigenvalue weighted by Gasteiger charge is 1.99. The van der Waals surface area contributed by atoms with Gasteiger partial charge in [0.05, 0.1) is 0 Å². The minimum atomic E-state index is -0.373. The van der Waals surface area contributed by atoms with E-state index in [1.807, 2.05) is 13.0 Å². The number of hydrazine groups is 1. The second-order valence-electron chi connectivity index (χ2n) is 3.62. The maximum absolute atomic E-state index is 12.5. The first-order valence-corrected chi connectivity index (χ1v) is 7.47. The minimum absolute atomic E-state index is 0.373. The van der Waals surface area contributed by atoms with Crippen LogP contribution in [-0.2, 0) is 0 Å². The second kappa shape index (κ2) is 7.90. The molecule has 0 aliphatic carbocycles. The lowest BCUT2D eigenvalue weighted by Crippen LogP contribution is -2.10. The maximum atomic E-state index is 12.5. The summed E-state index contributed by atoms with van der Waals surface area (Å²) in [6.45, 7) is 3.69. The normalized spacial score (nSPS) is 9.58. The van der Waals surface area contributed by atoms with E-state index in [9.17, 15) is 4.39 Å². The maximum Gasteiger partial charge on any atom is 0.216 e. The van der Waals surface area contributed by atoms with E-state index in [1.54, 1.807) is 19.2 Å². The van der Waals surface area contributed by atoms with Gasteiger partial charge in [0.2, 0.25) is 5.95 Å². The third-order valence-corrected chi connectivity index (χ3v) is 4.69. The number of pyridine rings is 2. The van der Waals surface area contributed by atoms with Crippen molar-refractivity contribution in [3.63, 3.8) is 0 Å². The van der Waals surface area contributed by atoms with E-state index in [1.165, 1.54) is 9.77 Å². The van der Waals surface area contributed by atoms with Gasteiger partial charge in [-0.1, -0.05) is 0 Å².